The molecule has 0 fully saturated rings. The predicted octanol–water partition coefficient (Wildman–Crippen LogP) is 4.80. The summed E-state index contributed by atoms with van der Waals surface area (Å²) in [6, 6.07) is 10.3. The van der Waals surface area contributed by atoms with Crippen LogP contribution in [0.2, 0.25) is 0 Å². The molecule has 1 amide bonds. The molecule has 0 spiro atoms. The Bertz CT molecular complexity index is 1130. The van der Waals surface area contributed by atoms with Gasteiger partial charge in [-0.1, -0.05) is 41.7 Å². The number of alkyl halides is 6. The number of amides is 1. The Labute approximate surface area is 179 Å². The molecule has 32 heavy (non-hydrogen) atoms. The summed E-state index contributed by atoms with van der Waals surface area (Å²) in [5.74, 6) is -1.53. The molecule has 0 unspecified atom stereocenters. The van der Waals surface area contributed by atoms with Crippen molar-refractivity contribution in [2.24, 2.45) is 0 Å². The number of fused-ring (bicyclic) bond motifs is 1. The number of nitro groups is 1. The second-order valence-electron chi connectivity index (χ2n) is 6.51. The highest BCUT2D eigenvalue weighted by Gasteiger charge is 2.73. The van der Waals surface area contributed by atoms with Crippen molar-refractivity contribution in [3.8, 4) is 0 Å². The summed E-state index contributed by atoms with van der Waals surface area (Å²) < 4.78 is 82.6. The molecule has 2 aromatic carbocycles. The Morgan fingerprint density at radius 1 is 1.03 bits per heavy atom. The van der Waals surface area contributed by atoms with Gasteiger partial charge in [0.1, 0.15) is 0 Å². The summed E-state index contributed by atoms with van der Waals surface area (Å²) in [5, 5.41) is 12.3. The summed E-state index contributed by atoms with van der Waals surface area (Å²) in [6.07, 6.45) is -12.8. The lowest BCUT2D eigenvalue weighted by Crippen LogP contribution is -2.72. The molecule has 0 saturated heterocycles. The lowest BCUT2D eigenvalue weighted by atomic mass is 10.1. The van der Waals surface area contributed by atoms with Crippen LogP contribution in [0, 0.1) is 10.1 Å². The van der Waals surface area contributed by atoms with Gasteiger partial charge in [0.05, 0.1) is 21.6 Å². The maximum Gasteiger partial charge on any atom is 0.439 e. The number of thiazole rings is 1. The highest BCUT2D eigenvalue weighted by Crippen LogP contribution is 2.44. The topological polar surface area (TPSA) is 97.2 Å². The van der Waals surface area contributed by atoms with Gasteiger partial charge in [-0.25, -0.2) is 4.98 Å². The van der Waals surface area contributed by atoms with Crippen LogP contribution >= 0.6 is 11.3 Å². The van der Waals surface area contributed by atoms with Crippen molar-refractivity contribution >= 4 is 38.3 Å². The summed E-state index contributed by atoms with van der Waals surface area (Å²) >= 11 is 0.341. The first-order chi connectivity index (χ1) is 14.8. The highest BCUT2D eigenvalue weighted by molar-refractivity contribution is 7.22. The fraction of sp³-hybridized carbons (Fsp3) is 0.222. The Balaban J connectivity index is 2.00. The molecule has 0 atom stereocenters. The lowest BCUT2D eigenvalue weighted by molar-refractivity contribution is -0.384. The van der Waals surface area contributed by atoms with Crippen LogP contribution in [0.25, 0.3) is 10.2 Å². The van der Waals surface area contributed by atoms with Crippen molar-refractivity contribution in [2.45, 2.75) is 24.4 Å². The van der Waals surface area contributed by atoms with E-state index in [0.717, 1.165) is 23.5 Å². The number of nitro benzene ring substituents is 1. The van der Waals surface area contributed by atoms with E-state index in [1.54, 1.807) is 6.07 Å². The zero-order valence-corrected chi connectivity index (χ0v) is 16.4. The van der Waals surface area contributed by atoms with E-state index in [0.29, 0.717) is 11.3 Å². The van der Waals surface area contributed by atoms with Crippen LogP contribution in [0.15, 0.2) is 48.5 Å². The Kier molecular flexibility index (Phi) is 6.00. The maximum absolute atomic E-state index is 13.8. The molecule has 170 valence electrons. The number of rotatable bonds is 6. The van der Waals surface area contributed by atoms with Gasteiger partial charge < -0.3 is 10.6 Å². The molecule has 3 aromatic rings. The number of non-ortho nitro benzene ring substituents is 1. The van der Waals surface area contributed by atoms with Gasteiger partial charge in [-0.2, -0.15) is 26.3 Å². The number of hydrogen-bond donors (Lipinski definition) is 2. The van der Waals surface area contributed by atoms with E-state index in [1.165, 1.54) is 29.6 Å². The van der Waals surface area contributed by atoms with Gasteiger partial charge in [-0.3, -0.25) is 14.9 Å². The van der Waals surface area contributed by atoms with Crippen molar-refractivity contribution in [2.75, 3.05) is 5.32 Å². The van der Waals surface area contributed by atoms with Gasteiger partial charge in [0.2, 0.25) is 5.91 Å². The third kappa shape index (κ3) is 4.59. The van der Waals surface area contributed by atoms with Crippen LogP contribution in [-0.2, 0) is 11.2 Å². The molecule has 0 aliphatic rings. The Hall–Kier alpha value is -3.42. The van der Waals surface area contributed by atoms with Crippen molar-refractivity contribution in [1.29, 1.82) is 0 Å². The van der Waals surface area contributed by atoms with Gasteiger partial charge in [0.25, 0.3) is 5.69 Å². The molecule has 0 radical (unpaired) electrons. The average molecular weight is 478 g/mol. The SMILES string of the molecule is O=C(Cc1ccccc1)NC(Nc1nc2ccc([N+](=O)[O-])cc2s1)(C(F)(F)F)C(F)(F)F. The van der Waals surface area contributed by atoms with Gasteiger partial charge in [-0.05, 0) is 11.6 Å². The van der Waals surface area contributed by atoms with Crippen molar-refractivity contribution < 1.29 is 36.1 Å². The first kappa shape index (κ1) is 23.2. The monoisotopic (exact) mass is 478 g/mol. The number of hydrogen-bond acceptors (Lipinski definition) is 6. The highest BCUT2D eigenvalue weighted by atomic mass is 32.1. The first-order valence-electron chi connectivity index (χ1n) is 8.64. The summed E-state index contributed by atoms with van der Waals surface area (Å²) in [5.41, 5.74) is -5.11. The Morgan fingerprint density at radius 2 is 1.66 bits per heavy atom. The van der Waals surface area contributed by atoms with E-state index in [-0.39, 0.29) is 15.8 Å². The van der Waals surface area contributed by atoms with E-state index < -0.39 is 46.1 Å². The average Bonchev–Trinajstić information content (AvgIpc) is 3.07. The number of aromatic nitrogens is 1. The maximum atomic E-state index is 13.8. The number of halogens is 6. The minimum absolute atomic E-state index is 0.0180. The molecule has 7 nitrogen and oxygen atoms in total. The first-order valence-corrected chi connectivity index (χ1v) is 9.45. The molecule has 0 aliphatic carbocycles. The fourth-order valence-corrected chi connectivity index (χ4v) is 3.71. The largest absolute Gasteiger partial charge is 0.439 e. The second kappa shape index (κ2) is 8.26. The van der Waals surface area contributed by atoms with Crippen molar-refractivity contribution in [3.05, 3.63) is 64.2 Å². The Morgan fingerprint density at radius 3 is 2.22 bits per heavy atom. The zero-order chi connectivity index (χ0) is 23.7. The molecular formula is C18H12F6N4O3S. The van der Waals surface area contributed by atoms with Crippen molar-refractivity contribution in [1.82, 2.24) is 10.3 Å². The summed E-state index contributed by atoms with van der Waals surface area (Å²) in [6.45, 7) is 0. The summed E-state index contributed by atoms with van der Waals surface area (Å²) in [4.78, 5) is 25.9. The van der Waals surface area contributed by atoms with Crippen LogP contribution in [0.3, 0.4) is 0 Å². The van der Waals surface area contributed by atoms with Crippen molar-refractivity contribution in [3.63, 3.8) is 0 Å². The molecule has 3 rings (SSSR count). The molecule has 14 heteroatoms. The number of benzene rings is 2. The molecular weight excluding hydrogens is 466 g/mol. The van der Waals surface area contributed by atoms with Gasteiger partial charge in [0, 0.05) is 12.1 Å². The molecule has 0 bridgehead atoms. The lowest BCUT2D eigenvalue weighted by Gasteiger charge is -2.38. The molecule has 1 heterocycles. The van der Waals surface area contributed by atoms with Crippen LogP contribution in [0.5, 0.6) is 0 Å². The predicted molar refractivity (Wildman–Crippen MR) is 103 cm³/mol. The van der Waals surface area contributed by atoms with E-state index in [4.69, 9.17) is 0 Å². The number of carbonyl (C=O) groups is 1. The standard InChI is InChI=1S/C18H12F6N4O3S/c19-17(20,21)16(18(22,23)24,26-14(29)8-10-4-2-1-3-5-10)27-15-25-12-7-6-11(28(30)31)9-13(12)32-15/h1-7,9H,8H2,(H,25,27)(H,26,29). The molecule has 0 aliphatic heterocycles. The van der Waals surface area contributed by atoms with E-state index in [2.05, 4.69) is 4.98 Å². The smallest absolute Gasteiger partial charge is 0.324 e. The third-order valence-corrected chi connectivity index (χ3v) is 5.20. The summed E-state index contributed by atoms with van der Waals surface area (Å²) in [7, 11) is 0. The third-order valence-electron chi connectivity index (χ3n) is 4.26. The number of nitrogens with one attached hydrogen (secondary N) is 2. The second-order valence-corrected chi connectivity index (χ2v) is 7.54. The quantitative estimate of drug-likeness (QED) is 0.230. The van der Waals surface area contributed by atoms with Crippen LogP contribution in [-0.4, -0.2) is 33.8 Å². The normalized spacial score (nSPS) is 12.6. The minimum atomic E-state index is -6.01. The van der Waals surface area contributed by atoms with E-state index in [9.17, 15) is 41.3 Å². The molecule has 2 N–H and O–H groups in total. The van der Waals surface area contributed by atoms with E-state index >= 15 is 0 Å². The van der Waals surface area contributed by atoms with Crippen LogP contribution in [0.4, 0.5) is 37.2 Å². The number of carbonyl (C=O) groups excluding carboxylic acids is 1. The fourth-order valence-electron chi connectivity index (χ4n) is 2.75. The van der Waals surface area contributed by atoms with E-state index in [1.807, 2.05) is 0 Å². The number of nitrogens with zero attached hydrogens (tertiary/aromatic N) is 2. The zero-order valence-electron chi connectivity index (χ0n) is 15.6. The van der Waals surface area contributed by atoms with Gasteiger partial charge in [-0.15, -0.1) is 0 Å². The van der Waals surface area contributed by atoms with Gasteiger partial charge >= 0.3 is 18.0 Å². The number of anilines is 1. The van der Waals surface area contributed by atoms with Crippen LogP contribution in [0.1, 0.15) is 5.56 Å². The van der Waals surface area contributed by atoms with Gasteiger partial charge in [0.15, 0.2) is 5.13 Å². The van der Waals surface area contributed by atoms with Crippen LogP contribution < -0.4 is 10.6 Å². The molecule has 0 saturated carbocycles. The molecule has 1 aromatic heterocycles. The minimum Gasteiger partial charge on any atom is -0.324 e.